The molecule has 0 spiro atoms. The smallest absolute Gasteiger partial charge is 0.467 e. The van der Waals surface area contributed by atoms with Crippen LogP contribution in [0.25, 0.3) is 0 Å². The van der Waals surface area contributed by atoms with Crippen LogP contribution in [-0.2, 0) is 25.5 Å². The van der Waals surface area contributed by atoms with E-state index in [4.69, 9.17) is 4.74 Å². The van der Waals surface area contributed by atoms with E-state index in [2.05, 4.69) is 11.9 Å². The molecule has 2 N–H and O–H groups in total. The minimum Gasteiger partial charge on any atom is -0.467 e. The number of hydrogen-bond donors (Lipinski definition) is 2. The number of methoxy groups -OCH3 is 1. The molecule has 3 atom stereocenters. The molecule has 0 aliphatic heterocycles. The second-order valence-corrected chi connectivity index (χ2v) is 6.16. The van der Waals surface area contributed by atoms with Crippen LogP contribution >= 0.6 is 0 Å². The van der Waals surface area contributed by atoms with E-state index in [1.54, 1.807) is 35.6 Å². The van der Waals surface area contributed by atoms with Crippen molar-refractivity contribution in [2.75, 3.05) is 7.11 Å². The van der Waals surface area contributed by atoms with E-state index < -0.39 is 42.0 Å². The topological polar surface area (TPSA) is 84.5 Å². The highest BCUT2D eigenvalue weighted by molar-refractivity contribution is 5.87. The molecule has 0 fully saturated rings. The Balaban J connectivity index is 2.92. The first-order chi connectivity index (χ1) is 13.1. The van der Waals surface area contributed by atoms with Gasteiger partial charge in [-0.15, -0.1) is 6.58 Å². The Hall–Kier alpha value is -2.84. The van der Waals surface area contributed by atoms with Crippen molar-refractivity contribution in [3.05, 3.63) is 48.6 Å². The minimum absolute atomic E-state index is 0.00433. The highest BCUT2D eigenvalue weighted by Gasteiger charge is 2.41. The van der Waals surface area contributed by atoms with Crippen LogP contribution in [0.4, 0.5) is 13.2 Å². The minimum atomic E-state index is -5.06. The van der Waals surface area contributed by atoms with Gasteiger partial charge < -0.3 is 15.4 Å². The van der Waals surface area contributed by atoms with Crippen molar-refractivity contribution >= 4 is 17.8 Å². The van der Waals surface area contributed by atoms with Crippen LogP contribution in [0.2, 0.25) is 0 Å². The van der Waals surface area contributed by atoms with Crippen molar-refractivity contribution in [3.8, 4) is 0 Å². The number of alkyl halides is 3. The molecule has 2 amide bonds. The molecule has 0 aliphatic carbocycles. The molecule has 9 heteroatoms. The lowest BCUT2D eigenvalue weighted by molar-refractivity contribution is -0.174. The van der Waals surface area contributed by atoms with Gasteiger partial charge in [-0.1, -0.05) is 36.4 Å². The number of benzene rings is 1. The first kappa shape index (κ1) is 23.2. The molecular formula is C19H23F3N2O4. The maximum atomic E-state index is 12.6. The Labute approximate surface area is 161 Å². The van der Waals surface area contributed by atoms with Gasteiger partial charge in [0.2, 0.25) is 5.91 Å². The average Bonchev–Trinajstić information content (AvgIpc) is 2.64. The zero-order valence-corrected chi connectivity index (χ0v) is 15.6. The first-order valence-electron chi connectivity index (χ1n) is 8.50. The molecule has 6 nitrogen and oxygen atoms in total. The molecule has 0 aliphatic rings. The predicted molar refractivity (Wildman–Crippen MR) is 96.1 cm³/mol. The Bertz CT molecular complexity index is 692. The Morgan fingerprint density at radius 2 is 1.79 bits per heavy atom. The fourth-order valence-corrected chi connectivity index (χ4v) is 2.57. The van der Waals surface area contributed by atoms with E-state index in [0.29, 0.717) is 0 Å². The molecule has 1 aromatic carbocycles. The summed E-state index contributed by atoms with van der Waals surface area (Å²) < 4.78 is 42.1. The van der Waals surface area contributed by atoms with Gasteiger partial charge in [0.05, 0.1) is 13.0 Å². The van der Waals surface area contributed by atoms with Gasteiger partial charge in [-0.3, -0.25) is 9.59 Å². The van der Waals surface area contributed by atoms with Gasteiger partial charge >= 0.3 is 18.1 Å². The number of esters is 1. The quantitative estimate of drug-likeness (QED) is 0.491. The van der Waals surface area contributed by atoms with Crippen molar-refractivity contribution in [1.29, 1.82) is 0 Å². The highest BCUT2D eigenvalue weighted by atomic mass is 19.4. The van der Waals surface area contributed by atoms with Crippen LogP contribution < -0.4 is 10.6 Å². The fourth-order valence-electron chi connectivity index (χ4n) is 2.57. The third-order valence-corrected chi connectivity index (χ3v) is 4.06. The van der Waals surface area contributed by atoms with E-state index >= 15 is 0 Å². The zero-order valence-electron chi connectivity index (χ0n) is 15.6. The highest BCUT2D eigenvalue weighted by Crippen LogP contribution is 2.17. The summed E-state index contributed by atoms with van der Waals surface area (Å²) in [6, 6.07) is 6.67. The van der Waals surface area contributed by atoms with Gasteiger partial charge in [0.25, 0.3) is 0 Å². The lowest BCUT2D eigenvalue weighted by Crippen LogP contribution is -2.52. The van der Waals surface area contributed by atoms with E-state index in [1.165, 1.54) is 20.1 Å². The SMILES string of the molecule is C=CC[C@@H](C(=O)N[C@@H](Cc1ccccc1)C(=O)OC)[C@H](C)NC(=O)C(F)(F)F. The molecule has 0 aromatic heterocycles. The number of nitrogens with one attached hydrogen (secondary N) is 2. The van der Waals surface area contributed by atoms with E-state index in [1.807, 2.05) is 0 Å². The van der Waals surface area contributed by atoms with Crippen LogP contribution in [-0.4, -0.2) is 43.2 Å². The van der Waals surface area contributed by atoms with Crippen LogP contribution in [0, 0.1) is 5.92 Å². The average molecular weight is 400 g/mol. The largest absolute Gasteiger partial charge is 0.471 e. The molecule has 154 valence electrons. The number of carbonyl (C=O) groups is 3. The molecule has 0 unspecified atom stereocenters. The first-order valence-corrected chi connectivity index (χ1v) is 8.50. The van der Waals surface area contributed by atoms with Gasteiger partial charge in [-0.25, -0.2) is 4.79 Å². The molecule has 0 heterocycles. The number of allylic oxidation sites excluding steroid dienone is 1. The second kappa shape index (κ2) is 10.5. The van der Waals surface area contributed by atoms with Crippen molar-refractivity contribution in [3.63, 3.8) is 0 Å². The summed E-state index contributed by atoms with van der Waals surface area (Å²) in [5.74, 6) is -4.58. The van der Waals surface area contributed by atoms with Crippen molar-refractivity contribution in [2.45, 2.75) is 38.0 Å². The van der Waals surface area contributed by atoms with E-state index in [-0.39, 0.29) is 12.8 Å². The summed E-state index contributed by atoms with van der Waals surface area (Å²) in [5, 5.41) is 4.26. The maximum absolute atomic E-state index is 12.6. The number of ether oxygens (including phenoxy) is 1. The number of amides is 2. The summed E-state index contributed by atoms with van der Waals surface area (Å²) in [7, 11) is 1.17. The lowest BCUT2D eigenvalue weighted by Gasteiger charge is -2.26. The lowest BCUT2D eigenvalue weighted by atomic mass is 9.95. The van der Waals surface area contributed by atoms with Crippen LogP contribution in [0.1, 0.15) is 18.9 Å². The molecule has 0 saturated carbocycles. The third kappa shape index (κ3) is 7.05. The standard InChI is InChI=1S/C19H23F3N2O4/c1-4-8-14(12(2)23-18(27)19(20,21)22)16(25)24-15(17(26)28-3)11-13-9-6-5-7-10-13/h4-7,9-10,12,14-15H,1,8,11H2,2-3H3,(H,23,27)(H,24,25)/t12-,14+,15-/m0/s1. The van der Waals surface area contributed by atoms with E-state index in [9.17, 15) is 27.6 Å². The third-order valence-electron chi connectivity index (χ3n) is 4.06. The molecular weight excluding hydrogens is 377 g/mol. The number of carbonyl (C=O) groups excluding carboxylic acids is 3. The Kier molecular flexibility index (Phi) is 8.69. The monoisotopic (exact) mass is 400 g/mol. The van der Waals surface area contributed by atoms with Crippen molar-refractivity contribution < 1.29 is 32.3 Å². The Morgan fingerprint density at radius 3 is 2.29 bits per heavy atom. The second-order valence-electron chi connectivity index (χ2n) is 6.16. The fraction of sp³-hybridized carbons (Fsp3) is 0.421. The van der Waals surface area contributed by atoms with Crippen LogP contribution in [0.3, 0.4) is 0 Å². The molecule has 1 aromatic rings. The Morgan fingerprint density at radius 1 is 1.18 bits per heavy atom. The molecule has 28 heavy (non-hydrogen) atoms. The zero-order chi connectivity index (χ0) is 21.3. The predicted octanol–water partition coefficient (Wildman–Crippen LogP) is 2.15. The van der Waals surface area contributed by atoms with Crippen molar-refractivity contribution in [1.82, 2.24) is 10.6 Å². The van der Waals surface area contributed by atoms with Gasteiger partial charge in [-0.05, 0) is 18.9 Å². The van der Waals surface area contributed by atoms with Crippen LogP contribution in [0.15, 0.2) is 43.0 Å². The summed E-state index contributed by atoms with van der Waals surface area (Å²) in [4.78, 5) is 35.8. The summed E-state index contributed by atoms with van der Waals surface area (Å²) >= 11 is 0. The molecule has 1 rings (SSSR count). The molecule has 0 bridgehead atoms. The van der Waals surface area contributed by atoms with Crippen molar-refractivity contribution in [2.24, 2.45) is 5.92 Å². The van der Waals surface area contributed by atoms with Gasteiger partial charge in [-0.2, -0.15) is 13.2 Å². The number of halogens is 3. The number of rotatable bonds is 9. The van der Waals surface area contributed by atoms with E-state index in [0.717, 1.165) is 5.56 Å². The summed E-state index contributed by atoms with van der Waals surface area (Å²) in [5.41, 5.74) is 0.761. The summed E-state index contributed by atoms with van der Waals surface area (Å²) in [6.45, 7) is 4.76. The molecule has 0 saturated heterocycles. The summed E-state index contributed by atoms with van der Waals surface area (Å²) in [6.07, 6.45) is -3.57. The van der Waals surface area contributed by atoms with Gasteiger partial charge in [0.15, 0.2) is 0 Å². The number of hydrogen-bond acceptors (Lipinski definition) is 4. The normalized spacial score (nSPS) is 14.3. The van der Waals surface area contributed by atoms with Crippen LogP contribution in [0.5, 0.6) is 0 Å². The maximum Gasteiger partial charge on any atom is 0.471 e. The van der Waals surface area contributed by atoms with Gasteiger partial charge in [0, 0.05) is 12.5 Å². The van der Waals surface area contributed by atoms with Gasteiger partial charge in [0.1, 0.15) is 6.04 Å². The molecule has 0 radical (unpaired) electrons.